The van der Waals surface area contributed by atoms with Gasteiger partial charge in [-0.1, -0.05) is 35.9 Å². The molecule has 0 spiro atoms. The molecule has 3 aliphatic heterocycles. The molecule has 2 aromatic carbocycles. The lowest BCUT2D eigenvalue weighted by atomic mass is 10.0. The van der Waals surface area contributed by atoms with Crippen LogP contribution >= 0.6 is 11.6 Å². The molecule has 3 aromatic rings. The predicted octanol–water partition coefficient (Wildman–Crippen LogP) is 4.23. The van der Waals surface area contributed by atoms with E-state index >= 15 is 0 Å². The average Bonchev–Trinajstić information content (AvgIpc) is 3.02. The number of aromatic nitrogens is 2. The van der Waals surface area contributed by atoms with E-state index in [4.69, 9.17) is 31.0 Å². The van der Waals surface area contributed by atoms with Gasteiger partial charge in [-0.3, -0.25) is 4.79 Å². The van der Waals surface area contributed by atoms with Crippen LogP contribution in [0.15, 0.2) is 36.4 Å². The van der Waals surface area contributed by atoms with E-state index in [9.17, 15) is 14.4 Å². The number of carbonyl (C=O) groups excluding carboxylic acids is 1. The minimum Gasteiger partial charge on any atom is -0.461 e. The lowest BCUT2D eigenvalue weighted by Gasteiger charge is -2.43. The van der Waals surface area contributed by atoms with Crippen LogP contribution in [0.3, 0.4) is 0 Å². The molecule has 0 aliphatic carbocycles. The van der Waals surface area contributed by atoms with E-state index in [0.29, 0.717) is 44.3 Å². The van der Waals surface area contributed by atoms with Gasteiger partial charge in [-0.05, 0) is 44.8 Å². The molecule has 3 aliphatic rings. The molecule has 1 aromatic heterocycles. The standard InChI is InChI=1S/C33H39ClFN7O3/c1-33(2,35)31(43)42-15-14-41(18-23(42)10-12-36)30-25-11-13-40(28-9-5-7-22-6-4-8-26(34)29(22)28)20-27(25)37-32(38-30)45-21-24-19-39(3)16-17-44-24/h4-9,23-24H,10-11,13-21H2,1-3H3/t23-,24?/m0/s1. The van der Waals surface area contributed by atoms with Gasteiger partial charge in [0, 0.05) is 55.9 Å². The zero-order chi connectivity index (χ0) is 31.7. The molecule has 45 heavy (non-hydrogen) atoms. The molecule has 1 unspecified atom stereocenters. The zero-order valence-corrected chi connectivity index (χ0v) is 26.8. The van der Waals surface area contributed by atoms with Crippen molar-refractivity contribution in [3.63, 3.8) is 0 Å². The van der Waals surface area contributed by atoms with Gasteiger partial charge >= 0.3 is 6.01 Å². The number of alkyl halides is 1. The predicted molar refractivity (Wildman–Crippen MR) is 172 cm³/mol. The summed E-state index contributed by atoms with van der Waals surface area (Å²) in [7, 11) is 2.06. The number of ether oxygens (including phenoxy) is 2. The van der Waals surface area contributed by atoms with E-state index in [-0.39, 0.29) is 25.1 Å². The first-order chi connectivity index (χ1) is 21.6. The molecular formula is C33H39ClFN7O3. The molecule has 0 bridgehead atoms. The van der Waals surface area contributed by atoms with E-state index in [1.54, 1.807) is 0 Å². The zero-order valence-electron chi connectivity index (χ0n) is 26.0. The number of hydrogen-bond donors (Lipinski definition) is 0. The Labute approximate surface area is 268 Å². The number of hydrogen-bond acceptors (Lipinski definition) is 9. The summed E-state index contributed by atoms with van der Waals surface area (Å²) in [6.45, 7) is 7.47. The highest BCUT2D eigenvalue weighted by Crippen LogP contribution is 2.37. The Hall–Kier alpha value is -3.72. The smallest absolute Gasteiger partial charge is 0.318 e. The Morgan fingerprint density at radius 3 is 2.69 bits per heavy atom. The van der Waals surface area contributed by atoms with E-state index in [1.165, 1.54) is 18.7 Å². The summed E-state index contributed by atoms with van der Waals surface area (Å²) < 4.78 is 26.8. The molecule has 0 N–H and O–H groups in total. The Bertz CT molecular complexity index is 1600. The number of nitriles is 1. The van der Waals surface area contributed by atoms with Gasteiger partial charge in [0.15, 0.2) is 5.67 Å². The number of nitrogens with zero attached hydrogens (tertiary/aromatic N) is 7. The van der Waals surface area contributed by atoms with E-state index in [1.807, 2.05) is 18.2 Å². The fourth-order valence-corrected chi connectivity index (χ4v) is 6.81. The lowest BCUT2D eigenvalue weighted by Crippen LogP contribution is -2.58. The van der Waals surface area contributed by atoms with E-state index in [2.05, 4.69) is 46.0 Å². The van der Waals surface area contributed by atoms with Crippen molar-refractivity contribution in [3.05, 3.63) is 52.7 Å². The second-order valence-electron chi connectivity index (χ2n) is 12.5. The Morgan fingerprint density at radius 1 is 1.13 bits per heavy atom. The fraction of sp³-hybridized carbons (Fsp3) is 0.515. The van der Waals surface area contributed by atoms with Gasteiger partial charge in [-0.25, -0.2) is 4.39 Å². The van der Waals surface area contributed by atoms with Crippen LogP contribution in [-0.2, 0) is 22.5 Å². The number of rotatable bonds is 7. The number of carbonyl (C=O) groups is 1. The van der Waals surface area contributed by atoms with Crippen LogP contribution in [0.4, 0.5) is 15.9 Å². The summed E-state index contributed by atoms with van der Waals surface area (Å²) in [5.74, 6) is 0.139. The number of anilines is 2. The molecule has 2 saturated heterocycles. The minimum absolute atomic E-state index is 0.0944. The second kappa shape index (κ2) is 12.9. The molecule has 6 rings (SSSR count). The summed E-state index contributed by atoms with van der Waals surface area (Å²) in [4.78, 5) is 30.8. The average molecular weight is 636 g/mol. The van der Waals surface area contributed by atoms with E-state index in [0.717, 1.165) is 53.2 Å². The number of piperazine rings is 1. The van der Waals surface area contributed by atoms with Gasteiger partial charge in [0.25, 0.3) is 5.91 Å². The van der Waals surface area contributed by atoms with Crippen LogP contribution in [0.5, 0.6) is 6.01 Å². The number of morpholine rings is 1. The summed E-state index contributed by atoms with van der Waals surface area (Å²) >= 11 is 6.69. The maximum atomic E-state index is 14.7. The number of benzene rings is 2. The highest BCUT2D eigenvalue weighted by atomic mass is 35.5. The third-order valence-corrected chi connectivity index (χ3v) is 9.13. The van der Waals surface area contributed by atoms with E-state index < -0.39 is 17.6 Å². The van der Waals surface area contributed by atoms with Crippen molar-refractivity contribution >= 4 is 39.8 Å². The number of fused-ring (bicyclic) bond motifs is 2. The van der Waals surface area contributed by atoms with Crippen molar-refractivity contribution in [3.8, 4) is 12.1 Å². The van der Waals surface area contributed by atoms with Crippen molar-refractivity contribution in [1.29, 1.82) is 5.26 Å². The maximum Gasteiger partial charge on any atom is 0.318 e. The number of likely N-dealkylation sites (N-methyl/N-ethyl adjacent to an activating group) is 1. The van der Waals surface area contributed by atoms with Crippen molar-refractivity contribution in [1.82, 2.24) is 19.8 Å². The Kier molecular flexibility index (Phi) is 9.00. The molecule has 238 valence electrons. The van der Waals surface area contributed by atoms with Crippen LogP contribution in [0.1, 0.15) is 31.5 Å². The Morgan fingerprint density at radius 2 is 1.93 bits per heavy atom. The molecule has 1 amide bonds. The number of amides is 1. The van der Waals surface area contributed by atoms with Crippen LogP contribution in [0.2, 0.25) is 5.02 Å². The maximum absolute atomic E-state index is 14.7. The molecule has 10 nitrogen and oxygen atoms in total. The normalized spacial score (nSPS) is 21.0. The van der Waals surface area contributed by atoms with Crippen molar-refractivity contribution in [2.45, 2.75) is 51.0 Å². The van der Waals surface area contributed by atoms with Gasteiger partial charge in [0.1, 0.15) is 18.5 Å². The molecule has 2 atom stereocenters. The molecule has 0 radical (unpaired) electrons. The lowest BCUT2D eigenvalue weighted by molar-refractivity contribution is -0.144. The topological polar surface area (TPSA) is 98.1 Å². The third-order valence-electron chi connectivity index (χ3n) is 8.81. The molecule has 12 heteroatoms. The quantitative estimate of drug-likeness (QED) is 0.378. The molecule has 4 heterocycles. The highest BCUT2D eigenvalue weighted by molar-refractivity contribution is 6.36. The first-order valence-electron chi connectivity index (χ1n) is 15.5. The molecule has 2 fully saturated rings. The summed E-state index contributed by atoms with van der Waals surface area (Å²) in [5.41, 5.74) is 0.890. The highest BCUT2D eigenvalue weighted by Gasteiger charge is 2.39. The Balaban J connectivity index is 1.32. The van der Waals surface area contributed by atoms with Crippen molar-refractivity contribution in [2.75, 3.05) is 69.3 Å². The fourth-order valence-electron chi connectivity index (χ4n) is 6.53. The number of halogens is 2. The largest absolute Gasteiger partial charge is 0.461 e. The van der Waals surface area contributed by atoms with Crippen LogP contribution < -0.4 is 14.5 Å². The summed E-state index contributed by atoms with van der Waals surface area (Å²) in [6.07, 6.45) is 0.679. The summed E-state index contributed by atoms with van der Waals surface area (Å²) in [5, 5.41) is 12.4. The van der Waals surface area contributed by atoms with Crippen LogP contribution in [-0.4, -0.2) is 103 Å². The minimum atomic E-state index is -2.02. The second-order valence-corrected chi connectivity index (χ2v) is 12.9. The van der Waals surface area contributed by atoms with Crippen molar-refractivity contribution < 1.29 is 18.7 Å². The van der Waals surface area contributed by atoms with Gasteiger partial charge in [0.05, 0.1) is 42.4 Å². The first-order valence-corrected chi connectivity index (χ1v) is 15.9. The van der Waals surface area contributed by atoms with Gasteiger partial charge in [-0.15, -0.1) is 0 Å². The summed E-state index contributed by atoms with van der Waals surface area (Å²) in [6, 6.07) is 14.1. The van der Waals surface area contributed by atoms with Gasteiger partial charge in [-0.2, -0.15) is 15.2 Å². The van der Waals surface area contributed by atoms with Gasteiger partial charge < -0.3 is 29.1 Å². The van der Waals surface area contributed by atoms with Gasteiger partial charge in [0.2, 0.25) is 0 Å². The van der Waals surface area contributed by atoms with Crippen LogP contribution in [0, 0.1) is 11.3 Å². The van der Waals surface area contributed by atoms with Crippen LogP contribution in [0.25, 0.3) is 10.8 Å². The monoisotopic (exact) mass is 635 g/mol. The molecule has 0 saturated carbocycles. The SMILES string of the molecule is CN1CCOC(COc2nc3c(c(N4CCN(C(=O)C(C)(C)F)[C@@H](CC#N)C4)n2)CCN(c2cccc4cccc(Cl)c24)C3)C1. The third kappa shape index (κ3) is 6.64. The molecular weight excluding hydrogens is 597 g/mol. The first kappa shape index (κ1) is 31.3. The van der Waals surface area contributed by atoms with Crippen molar-refractivity contribution in [2.24, 2.45) is 0 Å².